The van der Waals surface area contributed by atoms with E-state index in [-0.39, 0.29) is 23.2 Å². The van der Waals surface area contributed by atoms with E-state index in [1.807, 2.05) is 6.07 Å². The molecule has 2 heterocycles. The van der Waals surface area contributed by atoms with Crippen LogP contribution in [0.5, 0.6) is 0 Å². The van der Waals surface area contributed by atoms with Gasteiger partial charge in [-0.2, -0.15) is 10.4 Å². The third-order valence-electron chi connectivity index (χ3n) is 2.63. The zero-order valence-electron chi connectivity index (χ0n) is 9.96. The van der Waals surface area contributed by atoms with Crippen LogP contribution in [0.15, 0.2) is 6.20 Å². The van der Waals surface area contributed by atoms with E-state index >= 15 is 0 Å². The molecule has 98 valence electrons. The van der Waals surface area contributed by atoms with Crippen LogP contribution in [0.2, 0.25) is 0 Å². The average Bonchev–Trinajstić information content (AvgIpc) is 2.87. The lowest BCUT2D eigenvalue weighted by molar-refractivity contribution is 0.127. The molecule has 1 fully saturated rings. The van der Waals surface area contributed by atoms with E-state index in [1.54, 1.807) is 7.05 Å². The summed E-state index contributed by atoms with van der Waals surface area (Å²) >= 11 is 0. The molecule has 1 N–H and O–H groups in total. The minimum atomic E-state index is -3.54. The van der Waals surface area contributed by atoms with Crippen LogP contribution in [0, 0.1) is 11.3 Å². The number of ether oxygens (including phenoxy) is 1. The number of aromatic nitrogens is 2. The third-order valence-corrected chi connectivity index (χ3v) is 3.95. The molecular formula is C10H14N4O3S. The third kappa shape index (κ3) is 3.00. The largest absolute Gasteiger partial charge is 0.377 e. The van der Waals surface area contributed by atoms with Crippen LogP contribution >= 0.6 is 0 Å². The van der Waals surface area contributed by atoms with Crippen molar-refractivity contribution in [3.05, 3.63) is 11.8 Å². The Hall–Kier alpha value is -1.59. The minimum Gasteiger partial charge on any atom is -0.377 e. The number of sulfonamides is 1. The number of rotatable bonds is 4. The van der Waals surface area contributed by atoms with Crippen LogP contribution in [-0.4, -0.2) is 36.7 Å². The maximum atomic E-state index is 11.9. The Morgan fingerprint density at radius 3 is 3.11 bits per heavy atom. The lowest BCUT2D eigenvalue weighted by atomic mass is 10.3. The van der Waals surface area contributed by atoms with Crippen LogP contribution < -0.4 is 4.72 Å². The summed E-state index contributed by atoms with van der Waals surface area (Å²) in [6.07, 6.45) is 2.82. The van der Waals surface area contributed by atoms with Gasteiger partial charge in [-0.1, -0.05) is 0 Å². The average molecular weight is 270 g/mol. The lowest BCUT2D eigenvalue weighted by Gasteiger charge is -2.10. The van der Waals surface area contributed by atoms with Crippen molar-refractivity contribution in [3.63, 3.8) is 0 Å². The quantitative estimate of drug-likeness (QED) is 0.843. The molecule has 1 unspecified atom stereocenters. The highest BCUT2D eigenvalue weighted by atomic mass is 32.2. The van der Waals surface area contributed by atoms with Crippen molar-refractivity contribution >= 4 is 15.8 Å². The number of nitrogens with zero attached hydrogens (tertiary/aromatic N) is 3. The molecule has 8 heteroatoms. The molecule has 2 rings (SSSR count). The number of hydrogen-bond donors (Lipinski definition) is 1. The summed E-state index contributed by atoms with van der Waals surface area (Å²) in [6, 6.07) is 1.89. The SMILES string of the molecule is Cn1cc(C#N)c(NS(=O)(=O)CC2CCCO2)n1. The summed E-state index contributed by atoms with van der Waals surface area (Å²) in [5.74, 6) is -0.0351. The van der Waals surface area contributed by atoms with Crippen molar-refractivity contribution in [1.29, 1.82) is 5.26 Å². The molecule has 0 aliphatic carbocycles. The van der Waals surface area contributed by atoms with E-state index in [0.717, 1.165) is 12.8 Å². The summed E-state index contributed by atoms with van der Waals surface area (Å²) in [5.41, 5.74) is 0.202. The fourth-order valence-corrected chi connectivity index (χ4v) is 3.14. The maximum Gasteiger partial charge on any atom is 0.236 e. The predicted molar refractivity (Wildman–Crippen MR) is 64.3 cm³/mol. The molecule has 1 aliphatic rings. The van der Waals surface area contributed by atoms with E-state index in [0.29, 0.717) is 6.61 Å². The molecule has 7 nitrogen and oxygen atoms in total. The highest BCUT2D eigenvalue weighted by Gasteiger charge is 2.24. The molecule has 0 bridgehead atoms. The highest BCUT2D eigenvalue weighted by Crippen LogP contribution is 2.17. The van der Waals surface area contributed by atoms with Crippen LogP contribution in [-0.2, 0) is 21.8 Å². The highest BCUT2D eigenvalue weighted by molar-refractivity contribution is 7.92. The molecule has 18 heavy (non-hydrogen) atoms. The number of aryl methyl sites for hydroxylation is 1. The van der Waals surface area contributed by atoms with Gasteiger partial charge in [0, 0.05) is 19.9 Å². The van der Waals surface area contributed by atoms with Gasteiger partial charge in [0.1, 0.15) is 11.6 Å². The van der Waals surface area contributed by atoms with Gasteiger partial charge in [0.05, 0.1) is 11.9 Å². The fourth-order valence-electron chi connectivity index (χ4n) is 1.86. The first-order chi connectivity index (χ1) is 8.50. The van der Waals surface area contributed by atoms with Crippen LogP contribution in [0.25, 0.3) is 0 Å². The van der Waals surface area contributed by atoms with Crippen LogP contribution in [0.3, 0.4) is 0 Å². The number of hydrogen-bond acceptors (Lipinski definition) is 5. The fraction of sp³-hybridized carbons (Fsp3) is 0.600. The van der Waals surface area contributed by atoms with Gasteiger partial charge in [-0.15, -0.1) is 0 Å². The standard InChI is InChI=1S/C10H14N4O3S/c1-14-6-8(5-11)10(12-14)13-18(15,16)7-9-3-2-4-17-9/h6,9H,2-4,7H2,1H3,(H,12,13). The molecule has 1 saturated heterocycles. The van der Waals surface area contributed by atoms with E-state index < -0.39 is 10.0 Å². The minimum absolute atomic E-state index is 0.0676. The Labute approximate surface area is 105 Å². The van der Waals surface area contributed by atoms with Gasteiger partial charge < -0.3 is 4.74 Å². The molecule has 0 aromatic carbocycles. The zero-order valence-corrected chi connectivity index (χ0v) is 10.8. The van der Waals surface area contributed by atoms with Crippen LogP contribution in [0.1, 0.15) is 18.4 Å². The number of anilines is 1. The molecule has 1 atom stereocenters. The first-order valence-corrected chi connectivity index (χ1v) is 7.21. The van der Waals surface area contributed by atoms with Gasteiger partial charge in [0.15, 0.2) is 5.82 Å². The molecule has 1 aromatic heterocycles. The predicted octanol–water partition coefficient (Wildman–Crippen LogP) is 0.212. The summed E-state index contributed by atoms with van der Waals surface area (Å²) in [7, 11) is -1.92. The Morgan fingerprint density at radius 2 is 2.50 bits per heavy atom. The molecule has 0 radical (unpaired) electrons. The van der Waals surface area contributed by atoms with Crippen molar-refractivity contribution in [2.45, 2.75) is 18.9 Å². The second-order valence-electron chi connectivity index (χ2n) is 4.20. The van der Waals surface area contributed by atoms with Crippen LogP contribution in [0.4, 0.5) is 5.82 Å². The topological polar surface area (TPSA) is 97.0 Å². The van der Waals surface area contributed by atoms with Crippen molar-refractivity contribution in [2.75, 3.05) is 17.1 Å². The Morgan fingerprint density at radius 1 is 1.72 bits per heavy atom. The normalized spacial score (nSPS) is 19.7. The van der Waals surface area contributed by atoms with Crippen molar-refractivity contribution in [2.24, 2.45) is 7.05 Å². The summed E-state index contributed by atoms with van der Waals surface area (Å²) in [6.45, 7) is 0.604. The first kappa shape index (κ1) is 12.9. The second-order valence-corrected chi connectivity index (χ2v) is 5.96. The summed E-state index contributed by atoms with van der Waals surface area (Å²) in [5, 5.41) is 12.8. The number of nitrogens with one attached hydrogen (secondary N) is 1. The molecular weight excluding hydrogens is 256 g/mol. The van der Waals surface area contributed by atoms with Gasteiger partial charge in [0.25, 0.3) is 0 Å². The second kappa shape index (κ2) is 4.96. The molecule has 1 aromatic rings. The van der Waals surface area contributed by atoms with Gasteiger partial charge in [-0.25, -0.2) is 8.42 Å². The summed E-state index contributed by atoms with van der Waals surface area (Å²) < 4.78 is 32.8. The monoisotopic (exact) mass is 270 g/mol. The van der Waals surface area contributed by atoms with E-state index in [2.05, 4.69) is 9.82 Å². The molecule has 0 spiro atoms. The van der Waals surface area contributed by atoms with E-state index in [4.69, 9.17) is 10.00 Å². The van der Waals surface area contributed by atoms with Gasteiger partial charge in [-0.05, 0) is 12.8 Å². The van der Waals surface area contributed by atoms with Crippen molar-refractivity contribution in [3.8, 4) is 6.07 Å². The van der Waals surface area contributed by atoms with Crippen molar-refractivity contribution < 1.29 is 13.2 Å². The molecule has 0 amide bonds. The van der Waals surface area contributed by atoms with Gasteiger partial charge >= 0.3 is 0 Å². The van der Waals surface area contributed by atoms with E-state index in [1.165, 1.54) is 10.9 Å². The number of nitriles is 1. The van der Waals surface area contributed by atoms with Crippen molar-refractivity contribution in [1.82, 2.24) is 9.78 Å². The Kier molecular flexibility index (Phi) is 3.54. The Bertz CT molecular complexity index is 566. The molecule has 1 aliphatic heterocycles. The zero-order chi connectivity index (χ0) is 13.2. The maximum absolute atomic E-state index is 11.9. The molecule has 0 saturated carbocycles. The summed E-state index contributed by atoms with van der Waals surface area (Å²) in [4.78, 5) is 0. The van der Waals surface area contributed by atoms with E-state index in [9.17, 15) is 8.42 Å². The smallest absolute Gasteiger partial charge is 0.236 e. The Balaban J connectivity index is 2.09. The van der Waals surface area contributed by atoms with Gasteiger partial charge in [-0.3, -0.25) is 9.40 Å². The lowest BCUT2D eigenvalue weighted by Crippen LogP contribution is -2.26. The first-order valence-electron chi connectivity index (χ1n) is 5.56. The van der Waals surface area contributed by atoms with Gasteiger partial charge in [0.2, 0.25) is 10.0 Å².